The first kappa shape index (κ1) is 12.3. The molecule has 1 N–H and O–H groups in total. The molecular weight excluding hydrogens is 308 g/mol. The highest BCUT2D eigenvalue weighted by atomic mass is 79.9. The van der Waals surface area contributed by atoms with Gasteiger partial charge in [-0.15, -0.1) is 11.3 Å². The van der Waals surface area contributed by atoms with Crippen molar-refractivity contribution < 1.29 is 14.3 Å². The van der Waals surface area contributed by atoms with Crippen molar-refractivity contribution in [3.05, 3.63) is 49.1 Å². The van der Waals surface area contributed by atoms with Crippen LogP contribution in [0.2, 0.25) is 0 Å². The van der Waals surface area contributed by atoms with E-state index < -0.39 is 0 Å². The van der Waals surface area contributed by atoms with Crippen LogP contribution in [0, 0.1) is 0 Å². The Hall–Kier alpha value is -1.11. The van der Waals surface area contributed by atoms with E-state index in [1.165, 1.54) is 23.7 Å². The maximum atomic E-state index is 11.5. The Morgan fingerprint density at radius 1 is 1.47 bits per heavy atom. The van der Waals surface area contributed by atoms with E-state index in [2.05, 4.69) is 15.9 Å². The number of rotatable bonds is 4. The fraction of sp³-hybridized carbons (Fsp3) is 0.182. The van der Waals surface area contributed by atoms with E-state index >= 15 is 0 Å². The maximum absolute atomic E-state index is 11.5. The highest BCUT2D eigenvalue weighted by molar-refractivity contribution is 9.11. The molecule has 0 saturated heterocycles. The third-order valence-corrected chi connectivity index (χ3v) is 3.60. The molecule has 0 aromatic carbocycles. The molecule has 2 rings (SSSR count). The minimum Gasteiger partial charge on any atom is -0.481 e. The molecule has 4 nitrogen and oxygen atoms in total. The number of hydrogen-bond acceptors (Lipinski definition) is 5. The monoisotopic (exact) mass is 316 g/mol. The van der Waals surface area contributed by atoms with Gasteiger partial charge in [-0.25, -0.2) is 0 Å². The van der Waals surface area contributed by atoms with Crippen molar-refractivity contribution in [2.75, 3.05) is 0 Å². The van der Waals surface area contributed by atoms with Gasteiger partial charge in [0.15, 0.2) is 0 Å². The second kappa shape index (κ2) is 5.48. The number of thiophene rings is 1. The average Bonchev–Trinajstić information content (AvgIpc) is 2.73. The summed E-state index contributed by atoms with van der Waals surface area (Å²) < 4.78 is 11.4. The third-order valence-electron chi connectivity index (χ3n) is 2.01. The van der Waals surface area contributed by atoms with Crippen molar-refractivity contribution in [2.45, 2.75) is 13.2 Å². The van der Waals surface area contributed by atoms with Gasteiger partial charge in [-0.2, -0.15) is 0 Å². The van der Waals surface area contributed by atoms with E-state index in [0.717, 1.165) is 8.66 Å². The van der Waals surface area contributed by atoms with Crippen LogP contribution in [0.25, 0.3) is 0 Å². The van der Waals surface area contributed by atoms with Gasteiger partial charge < -0.3 is 14.3 Å². The number of aliphatic hydroxyl groups excluding tert-OH is 1. The van der Waals surface area contributed by atoms with Crippen LogP contribution in [-0.2, 0) is 13.2 Å². The molecule has 0 bridgehead atoms. The molecule has 2 aromatic heterocycles. The minimum atomic E-state index is -0.298. The molecule has 90 valence electrons. The SMILES string of the molecule is O=c1cc(CO)occ1OCc1ccc(Br)s1. The summed E-state index contributed by atoms with van der Waals surface area (Å²) in [5.74, 6) is 0.368. The number of halogens is 1. The van der Waals surface area contributed by atoms with Crippen molar-refractivity contribution in [1.82, 2.24) is 0 Å². The topological polar surface area (TPSA) is 59.7 Å². The van der Waals surface area contributed by atoms with E-state index in [-0.39, 0.29) is 23.5 Å². The van der Waals surface area contributed by atoms with Crippen LogP contribution >= 0.6 is 27.3 Å². The molecule has 0 saturated carbocycles. The Balaban J connectivity index is 2.06. The highest BCUT2D eigenvalue weighted by Gasteiger charge is 2.05. The highest BCUT2D eigenvalue weighted by Crippen LogP contribution is 2.22. The van der Waals surface area contributed by atoms with Gasteiger partial charge in [-0.05, 0) is 28.1 Å². The Bertz CT molecular complexity index is 561. The summed E-state index contributed by atoms with van der Waals surface area (Å²) in [6.45, 7) is 0.0207. The van der Waals surface area contributed by atoms with Gasteiger partial charge in [0.2, 0.25) is 11.2 Å². The van der Waals surface area contributed by atoms with Gasteiger partial charge in [0.25, 0.3) is 0 Å². The van der Waals surface area contributed by atoms with Crippen molar-refractivity contribution in [3.8, 4) is 5.75 Å². The van der Waals surface area contributed by atoms with Gasteiger partial charge >= 0.3 is 0 Å². The molecule has 2 aromatic rings. The smallest absolute Gasteiger partial charge is 0.227 e. The molecule has 0 unspecified atom stereocenters. The Labute approximate surface area is 110 Å². The lowest BCUT2D eigenvalue weighted by atomic mass is 10.4. The first-order valence-electron chi connectivity index (χ1n) is 4.78. The fourth-order valence-electron chi connectivity index (χ4n) is 1.20. The molecule has 0 atom stereocenters. The van der Waals surface area contributed by atoms with Crippen LogP contribution in [0.5, 0.6) is 5.75 Å². The molecule has 17 heavy (non-hydrogen) atoms. The van der Waals surface area contributed by atoms with E-state index in [0.29, 0.717) is 6.61 Å². The van der Waals surface area contributed by atoms with Gasteiger partial charge in [0.05, 0.1) is 3.79 Å². The molecule has 0 aliphatic carbocycles. The van der Waals surface area contributed by atoms with Crippen LogP contribution in [-0.4, -0.2) is 5.11 Å². The average molecular weight is 317 g/mol. The minimum absolute atomic E-state index is 0.145. The number of ether oxygens (including phenoxy) is 1. The van der Waals surface area contributed by atoms with Crippen molar-refractivity contribution in [1.29, 1.82) is 0 Å². The molecule has 0 radical (unpaired) electrons. The summed E-state index contributed by atoms with van der Waals surface area (Å²) in [5.41, 5.74) is -0.295. The molecular formula is C11H9BrO4S. The molecule has 2 heterocycles. The molecule has 6 heteroatoms. The quantitative estimate of drug-likeness (QED) is 0.941. The molecule has 0 aliphatic heterocycles. The Morgan fingerprint density at radius 3 is 2.88 bits per heavy atom. The first-order valence-corrected chi connectivity index (χ1v) is 6.39. The summed E-state index contributed by atoms with van der Waals surface area (Å²) in [6.07, 6.45) is 1.22. The summed E-state index contributed by atoms with van der Waals surface area (Å²) >= 11 is 4.89. The Morgan fingerprint density at radius 2 is 2.29 bits per heavy atom. The summed E-state index contributed by atoms with van der Waals surface area (Å²) in [5, 5.41) is 8.79. The van der Waals surface area contributed by atoms with Crippen molar-refractivity contribution in [2.24, 2.45) is 0 Å². The van der Waals surface area contributed by atoms with Gasteiger partial charge in [0.1, 0.15) is 25.2 Å². The normalized spacial score (nSPS) is 10.5. The second-order valence-corrected chi connectivity index (χ2v) is 5.78. The maximum Gasteiger partial charge on any atom is 0.227 e. The summed E-state index contributed by atoms with van der Waals surface area (Å²) in [7, 11) is 0. The largest absolute Gasteiger partial charge is 0.481 e. The molecule has 0 spiro atoms. The predicted molar refractivity (Wildman–Crippen MR) is 67.3 cm³/mol. The molecule has 0 fully saturated rings. The number of hydrogen-bond donors (Lipinski definition) is 1. The first-order chi connectivity index (χ1) is 8.19. The van der Waals surface area contributed by atoms with Crippen molar-refractivity contribution >= 4 is 27.3 Å². The lowest BCUT2D eigenvalue weighted by Gasteiger charge is -2.03. The second-order valence-electron chi connectivity index (χ2n) is 3.23. The van der Waals surface area contributed by atoms with Gasteiger partial charge in [-0.1, -0.05) is 0 Å². The van der Waals surface area contributed by atoms with E-state index in [1.807, 2.05) is 12.1 Å². The fourth-order valence-corrected chi connectivity index (χ4v) is 2.60. The lowest BCUT2D eigenvalue weighted by Crippen LogP contribution is -2.07. The summed E-state index contributed by atoms with van der Waals surface area (Å²) in [4.78, 5) is 12.5. The predicted octanol–water partition coefficient (Wildman–Crippen LogP) is 2.54. The van der Waals surface area contributed by atoms with E-state index in [1.54, 1.807) is 0 Å². The van der Waals surface area contributed by atoms with Crippen LogP contribution in [0.4, 0.5) is 0 Å². The summed E-state index contributed by atoms with van der Waals surface area (Å²) in [6, 6.07) is 5.05. The van der Waals surface area contributed by atoms with Crippen LogP contribution in [0.3, 0.4) is 0 Å². The van der Waals surface area contributed by atoms with Crippen LogP contribution < -0.4 is 10.2 Å². The lowest BCUT2D eigenvalue weighted by molar-refractivity contribution is 0.236. The zero-order valence-electron chi connectivity index (χ0n) is 8.68. The van der Waals surface area contributed by atoms with Gasteiger partial charge in [-0.3, -0.25) is 4.79 Å². The van der Waals surface area contributed by atoms with Gasteiger partial charge in [0, 0.05) is 10.9 Å². The van der Waals surface area contributed by atoms with Crippen molar-refractivity contribution in [3.63, 3.8) is 0 Å². The zero-order chi connectivity index (χ0) is 12.3. The van der Waals surface area contributed by atoms with E-state index in [9.17, 15) is 4.79 Å². The standard InChI is InChI=1S/C11H9BrO4S/c12-11-2-1-8(17-11)5-16-10-6-15-7(4-13)3-9(10)14/h1-3,6,13H,4-5H2. The van der Waals surface area contributed by atoms with E-state index in [4.69, 9.17) is 14.3 Å². The zero-order valence-corrected chi connectivity index (χ0v) is 11.1. The van der Waals surface area contributed by atoms with Crippen LogP contribution in [0.15, 0.2) is 37.5 Å². The molecule has 0 amide bonds. The molecule has 0 aliphatic rings. The third kappa shape index (κ3) is 3.18. The Kier molecular flexibility index (Phi) is 3.98. The van der Waals surface area contributed by atoms with Crippen LogP contribution in [0.1, 0.15) is 10.6 Å². The number of aliphatic hydroxyl groups is 1.